The van der Waals surface area contributed by atoms with Crippen LogP contribution < -0.4 is 5.32 Å². The normalized spacial score (nSPS) is 20.8. The molecule has 1 fully saturated rings. The lowest BCUT2D eigenvalue weighted by Crippen LogP contribution is -2.10. The summed E-state index contributed by atoms with van der Waals surface area (Å²) in [5, 5.41) is 3.42. The highest BCUT2D eigenvalue weighted by atomic mass is 32.2. The summed E-state index contributed by atoms with van der Waals surface area (Å²) in [7, 11) is 0. The second kappa shape index (κ2) is 5.04. The van der Waals surface area contributed by atoms with Crippen molar-refractivity contribution >= 4 is 11.8 Å². The van der Waals surface area contributed by atoms with Crippen LogP contribution >= 0.6 is 11.8 Å². The molecule has 0 saturated carbocycles. The molecule has 0 amide bonds. The molecular weight excluding hydrogens is 202 g/mol. The van der Waals surface area contributed by atoms with Gasteiger partial charge in [-0.3, -0.25) is 0 Å². The van der Waals surface area contributed by atoms with Crippen molar-refractivity contribution < 1.29 is 0 Å². The van der Waals surface area contributed by atoms with E-state index in [9.17, 15) is 0 Å². The van der Waals surface area contributed by atoms with Crippen LogP contribution in [0.3, 0.4) is 0 Å². The van der Waals surface area contributed by atoms with Crippen molar-refractivity contribution in [1.82, 2.24) is 5.32 Å². The number of aryl methyl sites for hydroxylation is 2. The topological polar surface area (TPSA) is 12.0 Å². The van der Waals surface area contributed by atoms with E-state index < -0.39 is 0 Å². The van der Waals surface area contributed by atoms with E-state index in [0.717, 1.165) is 5.92 Å². The number of hydrogen-bond acceptors (Lipinski definition) is 2. The lowest BCUT2D eigenvalue weighted by Gasteiger charge is -2.10. The van der Waals surface area contributed by atoms with Gasteiger partial charge in [-0.05, 0) is 50.9 Å². The van der Waals surface area contributed by atoms with Gasteiger partial charge >= 0.3 is 0 Å². The predicted molar refractivity (Wildman–Crippen MR) is 67.6 cm³/mol. The lowest BCUT2D eigenvalue weighted by molar-refractivity contribution is 0.662. The zero-order chi connectivity index (χ0) is 10.7. The molecule has 1 unspecified atom stereocenters. The van der Waals surface area contributed by atoms with Crippen LogP contribution in [0.2, 0.25) is 0 Å². The first-order valence-electron chi connectivity index (χ1n) is 5.66. The van der Waals surface area contributed by atoms with E-state index in [4.69, 9.17) is 0 Å². The lowest BCUT2D eigenvalue weighted by atomic mass is 10.2. The van der Waals surface area contributed by atoms with E-state index in [0.29, 0.717) is 0 Å². The molecule has 1 nitrogen and oxygen atoms in total. The van der Waals surface area contributed by atoms with Crippen LogP contribution in [-0.2, 0) is 0 Å². The Labute approximate surface area is 96.7 Å². The van der Waals surface area contributed by atoms with Crippen LogP contribution in [0.5, 0.6) is 0 Å². The fraction of sp³-hybridized carbons (Fsp3) is 0.538. The van der Waals surface area contributed by atoms with Crippen LogP contribution in [0, 0.1) is 19.8 Å². The zero-order valence-corrected chi connectivity index (χ0v) is 10.4. The van der Waals surface area contributed by atoms with E-state index in [-0.39, 0.29) is 0 Å². The predicted octanol–water partition coefficient (Wildman–Crippen LogP) is 3.01. The van der Waals surface area contributed by atoms with Gasteiger partial charge in [0, 0.05) is 10.6 Å². The van der Waals surface area contributed by atoms with Gasteiger partial charge in [0.25, 0.3) is 0 Å². The summed E-state index contributed by atoms with van der Waals surface area (Å²) >= 11 is 2.02. The standard InChI is InChI=1S/C13H19NS/c1-10-3-4-11(2)13(7-10)15-9-12-5-6-14-8-12/h3-4,7,12,14H,5-6,8-9H2,1-2H3. The molecule has 1 aromatic carbocycles. The molecule has 1 atom stereocenters. The summed E-state index contributed by atoms with van der Waals surface area (Å²) in [5.41, 5.74) is 2.78. The third-order valence-electron chi connectivity index (χ3n) is 2.98. The van der Waals surface area contributed by atoms with Gasteiger partial charge in [-0.15, -0.1) is 11.8 Å². The molecule has 0 aliphatic carbocycles. The fourth-order valence-corrected chi connectivity index (χ4v) is 3.19. The van der Waals surface area contributed by atoms with Crippen molar-refractivity contribution in [2.45, 2.75) is 25.2 Å². The van der Waals surface area contributed by atoms with Crippen LogP contribution in [0.25, 0.3) is 0 Å². The molecule has 1 aliphatic rings. The van der Waals surface area contributed by atoms with E-state index in [1.165, 1.54) is 41.3 Å². The van der Waals surface area contributed by atoms with Crippen LogP contribution in [0.4, 0.5) is 0 Å². The molecule has 0 spiro atoms. The molecule has 82 valence electrons. The Hall–Kier alpha value is -0.470. The number of thioether (sulfide) groups is 1. The van der Waals surface area contributed by atoms with E-state index >= 15 is 0 Å². The second-order valence-corrected chi connectivity index (χ2v) is 5.50. The average molecular weight is 221 g/mol. The van der Waals surface area contributed by atoms with Gasteiger partial charge in [-0.25, -0.2) is 0 Å². The largest absolute Gasteiger partial charge is 0.316 e. The molecule has 0 aromatic heterocycles. The van der Waals surface area contributed by atoms with Crippen molar-refractivity contribution in [3.8, 4) is 0 Å². The van der Waals surface area contributed by atoms with Crippen molar-refractivity contribution in [1.29, 1.82) is 0 Å². The molecular formula is C13H19NS. The highest BCUT2D eigenvalue weighted by molar-refractivity contribution is 7.99. The first-order chi connectivity index (χ1) is 7.25. The minimum absolute atomic E-state index is 0.870. The Morgan fingerprint density at radius 3 is 3.00 bits per heavy atom. The minimum Gasteiger partial charge on any atom is -0.316 e. The molecule has 0 radical (unpaired) electrons. The number of nitrogens with one attached hydrogen (secondary N) is 1. The van der Waals surface area contributed by atoms with Gasteiger partial charge < -0.3 is 5.32 Å². The second-order valence-electron chi connectivity index (χ2n) is 4.44. The van der Waals surface area contributed by atoms with E-state index in [1.807, 2.05) is 11.8 Å². The SMILES string of the molecule is Cc1ccc(C)c(SCC2CCNC2)c1. The first-order valence-corrected chi connectivity index (χ1v) is 6.65. The van der Waals surface area contributed by atoms with Crippen LogP contribution in [0.1, 0.15) is 17.5 Å². The maximum Gasteiger partial charge on any atom is 0.0104 e. The van der Waals surface area contributed by atoms with Crippen LogP contribution in [-0.4, -0.2) is 18.8 Å². The molecule has 0 bridgehead atoms. The zero-order valence-electron chi connectivity index (χ0n) is 9.55. The summed E-state index contributed by atoms with van der Waals surface area (Å²) < 4.78 is 0. The van der Waals surface area contributed by atoms with Crippen molar-refractivity contribution in [3.05, 3.63) is 29.3 Å². The van der Waals surface area contributed by atoms with Crippen LogP contribution in [0.15, 0.2) is 23.1 Å². The summed E-state index contributed by atoms with van der Waals surface area (Å²) in [6, 6.07) is 6.73. The monoisotopic (exact) mass is 221 g/mol. The molecule has 1 aromatic rings. The highest BCUT2D eigenvalue weighted by Crippen LogP contribution is 2.26. The summed E-state index contributed by atoms with van der Waals surface area (Å²) in [6.07, 6.45) is 1.35. The summed E-state index contributed by atoms with van der Waals surface area (Å²) in [5.74, 6) is 2.13. The van der Waals surface area contributed by atoms with Gasteiger partial charge in [-0.2, -0.15) is 0 Å². The van der Waals surface area contributed by atoms with Crippen molar-refractivity contribution in [2.24, 2.45) is 5.92 Å². The molecule has 1 heterocycles. The van der Waals surface area contributed by atoms with Crippen molar-refractivity contribution in [3.63, 3.8) is 0 Å². The Balaban J connectivity index is 1.94. The van der Waals surface area contributed by atoms with E-state index in [2.05, 4.69) is 37.4 Å². The summed E-state index contributed by atoms with van der Waals surface area (Å²) in [4.78, 5) is 1.46. The van der Waals surface area contributed by atoms with Gasteiger partial charge in [0.2, 0.25) is 0 Å². The highest BCUT2D eigenvalue weighted by Gasteiger charge is 2.14. The number of rotatable bonds is 3. The quantitative estimate of drug-likeness (QED) is 0.788. The van der Waals surface area contributed by atoms with Gasteiger partial charge in [0.15, 0.2) is 0 Å². The number of benzene rings is 1. The molecule has 15 heavy (non-hydrogen) atoms. The molecule has 2 rings (SSSR count). The smallest absolute Gasteiger partial charge is 0.0104 e. The van der Waals surface area contributed by atoms with Crippen molar-refractivity contribution in [2.75, 3.05) is 18.8 Å². The Morgan fingerprint density at radius 1 is 1.40 bits per heavy atom. The summed E-state index contributed by atoms with van der Waals surface area (Å²) in [6.45, 7) is 6.78. The van der Waals surface area contributed by atoms with E-state index in [1.54, 1.807) is 0 Å². The molecule has 1 saturated heterocycles. The number of hydrogen-bond donors (Lipinski definition) is 1. The average Bonchev–Trinajstić information content (AvgIpc) is 2.72. The maximum absolute atomic E-state index is 3.42. The third-order valence-corrected chi connectivity index (χ3v) is 4.37. The third kappa shape index (κ3) is 2.99. The minimum atomic E-state index is 0.870. The molecule has 1 aliphatic heterocycles. The molecule has 2 heteroatoms. The Kier molecular flexibility index (Phi) is 3.71. The van der Waals surface area contributed by atoms with Gasteiger partial charge in [-0.1, -0.05) is 17.7 Å². The van der Waals surface area contributed by atoms with Gasteiger partial charge in [0.05, 0.1) is 0 Å². The Morgan fingerprint density at radius 2 is 2.27 bits per heavy atom. The Bertz CT molecular complexity index is 329. The van der Waals surface area contributed by atoms with Gasteiger partial charge in [0.1, 0.15) is 0 Å². The first kappa shape index (κ1) is 11.0. The molecule has 1 N–H and O–H groups in total. The maximum atomic E-state index is 3.42. The fourth-order valence-electron chi connectivity index (χ4n) is 1.93.